The number of benzene rings is 2. The Hall–Kier alpha value is -1.75. The summed E-state index contributed by atoms with van der Waals surface area (Å²) in [5, 5.41) is 13.0. The quantitative estimate of drug-likeness (QED) is 0.840. The average molecular weight is 343 g/mol. The zero-order chi connectivity index (χ0) is 17.7. The molecule has 1 saturated heterocycles. The summed E-state index contributed by atoms with van der Waals surface area (Å²) in [6.07, 6.45) is 1.85. The maximum atomic E-state index is 13.3. The first-order valence-corrected chi connectivity index (χ1v) is 8.90. The van der Waals surface area contributed by atoms with E-state index in [9.17, 15) is 9.50 Å². The highest BCUT2D eigenvalue weighted by Crippen LogP contribution is 2.35. The topological polar surface area (TPSA) is 41.5 Å². The van der Waals surface area contributed by atoms with Crippen LogP contribution in [0.4, 0.5) is 4.39 Å². The maximum absolute atomic E-state index is 13.3. The van der Waals surface area contributed by atoms with Crippen LogP contribution in [0.1, 0.15) is 42.5 Å². The van der Waals surface area contributed by atoms with Gasteiger partial charge in [0.2, 0.25) is 0 Å². The van der Waals surface area contributed by atoms with Crippen LogP contribution in [0.3, 0.4) is 0 Å². The highest BCUT2D eigenvalue weighted by atomic mass is 19.1. The van der Waals surface area contributed by atoms with Crippen molar-refractivity contribution in [3.05, 3.63) is 71.0 Å². The van der Waals surface area contributed by atoms with Crippen LogP contribution in [-0.4, -0.2) is 24.9 Å². The third-order valence-corrected chi connectivity index (χ3v) is 5.29. The molecule has 1 aliphatic heterocycles. The lowest BCUT2D eigenvalue weighted by molar-refractivity contribution is 0.0490. The van der Waals surface area contributed by atoms with Gasteiger partial charge in [0.25, 0.3) is 0 Å². The number of aliphatic hydroxyl groups excluding tert-OH is 1. The molecule has 1 heterocycles. The molecule has 134 valence electrons. The predicted octanol–water partition coefficient (Wildman–Crippen LogP) is 3.72. The average Bonchev–Trinajstić information content (AvgIpc) is 2.67. The Balaban J connectivity index is 1.75. The van der Waals surface area contributed by atoms with E-state index in [0.717, 1.165) is 43.7 Å². The molecular formula is C21H26FNO2. The summed E-state index contributed by atoms with van der Waals surface area (Å²) in [4.78, 5) is 0. The number of rotatable bonds is 6. The fourth-order valence-electron chi connectivity index (χ4n) is 3.56. The second-order valence-corrected chi connectivity index (χ2v) is 6.91. The van der Waals surface area contributed by atoms with E-state index in [-0.39, 0.29) is 23.9 Å². The third-order valence-electron chi connectivity index (χ3n) is 5.29. The Kier molecular flexibility index (Phi) is 5.84. The van der Waals surface area contributed by atoms with Crippen LogP contribution >= 0.6 is 0 Å². The van der Waals surface area contributed by atoms with E-state index < -0.39 is 0 Å². The monoisotopic (exact) mass is 343 g/mol. The molecule has 1 unspecified atom stereocenters. The summed E-state index contributed by atoms with van der Waals surface area (Å²) in [5.41, 5.74) is 3.22. The second kappa shape index (κ2) is 8.09. The number of hydrogen-bond acceptors (Lipinski definition) is 3. The summed E-state index contributed by atoms with van der Waals surface area (Å²) in [7, 11) is 0. The molecule has 1 fully saturated rings. The summed E-state index contributed by atoms with van der Waals surface area (Å²) >= 11 is 0. The molecule has 1 aliphatic rings. The predicted molar refractivity (Wildman–Crippen MR) is 96.9 cm³/mol. The Morgan fingerprint density at radius 1 is 1.16 bits per heavy atom. The lowest BCUT2D eigenvalue weighted by Gasteiger charge is -2.39. The van der Waals surface area contributed by atoms with E-state index >= 15 is 0 Å². The minimum absolute atomic E-state index is 0.0329. The third kappa shape index (κ3) is 4.27. The van der Waals surface area contributed by atoms with E-state index in [2.05, 4.69) is 18.3 Å². The standard InChI is InChI=1S/C21H26FNO2/c1-16(18-4-2-3-17(13-18)14-24)23-15-21(9-11-25-12-10-21)19-5-7-20(22)8-6-19/h2-8,13,16,23-24H,9-12,14-15H2,1H3. The maximum Gasteiger partial charge on any atom is 0.123 e. The summed E-state index contributed by atoms with van der Waals surface area (Å²) in [5.74, 6) is -0.201. The normalized spacial score (nSPS) is 18.0. The fourth-order valence-corrected chi connectivity index (χ4v) is 3.56. The Labute approximate surface area is 148 Å². The first-order chi connectivity index (χ1) is 12.1. The van der Waals surface area contributed by atoms with Gasteiger partial charge in [-0.05, 0) is 48.6 Å². The first-order valence-electron chi connectivity index (χ1n) is 8.90. The fraction of sp³-hybridized carbons (Fsp3) is 0.429. The van der Waals surface area contributed by atoms with Crippen LogP contribution in [0.25, 0.3) is 0 Å². The lowest BCUT2D eigenvalue weighted by atomic mass is 9.74. The molecule has 25 heavy (non-hydrogen) atoms. The van der Waals surface area contributed by atoms with E-state index in [1.807, 2.05) is 30.3 Å². The zero-order valence-electron chi connectivity index (χ0n) is 14.7. The molecule has 0 aromatic heterocycles. The van der Waals surface area contributed by atoms with Crippen LogP contribution in [0.5, 0.6) is 0 Å². The van der Waals surface area contributed by atoms with Gasteiger partial charge in [-0.15, -0.1) is 0 Å². The SMILES string of the molecule is CC(NCC1(c2ccc(F)cc2)CCOCC1)c1cccc(CO)c1. The molecule has 2 aromatic rings. The van der Waals surface area contributed by atoms with Crippen LogP contribution in [0, 0.1) is 5.82 Å². The Morgan fingerprint density at radius 2 is 1.88 bits per heavy atom. The van der Waals surface area contributed by atoms with Gasteiger partial charge < -0.3 is 15.2 Å². The zero-order valence-corrected chi connectivity index (χ0v) is 14.7. The number of hydrogen-bond donors (Lipinski definition) is 2. The van der Waals surface area contributed by atoms with Crippen molar-refractivity contribution in [1.29, 1.82) is 0 Å². The lowest BCUT2D eigenvalue weighted by Crippen LogP contribution is -2.43. The number of nitrogens with one attached hydrogen (secondary N) is 1. The summed E-state index contributed by atoms with van der Waals surface area (Å²) in [6.45, 7) is 4.46. The van der Waals surface area contributed by atoms with E-state index in [1.54, 1.807) is 12.1 Å². The molecule has 0 aliphatic carbocycles. The largest absolute Gasteiger partial charge is 0.392 e. The van der Waals surface area contributed by atoms with Gasteiger partial charge in [0.1, 0.15) is 5.82 Å². The van der Waals surface area contributed by atoms with Crippen LogP contribution in [-0.2, 0) is 16.8 Å². The van der Waals surface area contributed by atoms with Gasteiger partial charge in [-0.3, -0.25) is 0 Å². The van der Waals surface area contributed by atoms with Gasteiger partial charge in [-0.2, -0.15) is 0 Å². The van der Waals surface area contributed by atoms with Crippen LogP contribution < -0.4 is 5.32 Å². The highest BCUT2D eigenvalue weighted by molar-refractivity contribution is 5.28. The Bertz CT molecular complexity index is 681. The summed E-state index contributed by atoms with van der Waals surface area (Å²) < 4.78 is 18.9. The second-order valence-electron chi connectivity index (χ2n) is 6.91. The number of ether oxygens (including phenoxy) is 1. The molecule has 3 rings (SSSR count). The molecule has 0 radical (unpaired) electrons. The summed E-state index contributed by atoms with van der Waals surface area (Å²) in [6, 6.07) is 15.1. The number of halogens is 1. The van der Waals surface area contributed by atoms with Crippen molar-refractivity contribution < 1.29 is 14.2 Å². The number of aliphatic hydroxyl groups is 1. The molecule has 0 spiro atoms. The van der Waals surface area contributed by atoms with Crippen molar-refractivity contribution in [2.75, 3.05) is 19.8 Å². The molecule has 1 atom stereocenters. The van der Waals surface area contributed by atoms with Gasteiger partial charge >= 0.3 is 0 Å². The van der Waals surface area contributed by atoms with Crippen molar-refractivity contribution in [3.8, 4) is 0 Å². The van der Waals surface area contributed by atoms with Crippen molar-refractivity contribution in [2.24, 2.45) is 0 Å². The van der Waals surface area contributed by atoms with Gasteiger partial charge in [-0.25, -0.2) is 4.39 Å². The molecule has 0 saturated carbocycles. The van der Waals surface area contributed by atoms with Gasteiger partial charge in [0.15, 0.2) is 0 Å². The van der Waals surface area contributed by atoms with E-state index in [0.29, 0.717) is 0 Å². The van der Waals surface area contributed by atoms with Gasteiger partial charge in [-0.1, -0.05) is 36.4 Å². The Morgan fingerprint density at radius 3 is 2.56 bits per heavy atom. The molecular weight excluding hydrogens is 317 g/mol. The van der Waals surface area contributed by atoms with Crippen LogP contribution in [0.15, 0.2) is 48.5 Å². The molecule has 2 aromatic carbocycles. The van der Waals surface area contributed by atoms with Gasteiger partial charge in [0.05, 0.1) is 6.61 Å². The van der Waals surface area contributed by atoms with Crippen molar-refractivity contribution >= 4 is 0 Å². The molecule has 0 amide bonds. The van der Waals surface area contributed by atoms with Crippen molar-refractivity contribution in [2.45, 2.75) is 37.8 Å². The highest BCUT2D eigenvalue weighted by Gasteiger charge is 2.34. The van der Waals surface area contributed by atoms with Crippen molar-refractivity contribution in [3.63, 3.8) is 0 Å². The minimum atomic E-state index is -0.201. The van der Waals surface area contributed by atoms with E-state index in [1.165, 1.54) is 5.56 Å². The molecule has 2 N–H and O–H groups in total. The van der Waals surface area contributed by atoms with Crippen molar-refractivity contribution in [1.82, 2.24) is 5.32 Å². The molecule has 4 heteroatoms. The minimum Gasteiger partial charge on any atom is -0.392 e. The van der Waals surface area contributed by atoms with E-state index in [4.69, 9.17) is 4.74 Å². The smallest absolute Gasteiger partial charge is 0.123 e. The molecule has 0 bridgehead atoms. The van der Waals surface area contributed by atoms with Crippen LogP contribution in [0.2, 0.25) is 0 Å². The van der Waals surface area contributed by atoms with Gasteiger partial charge in [0, 0.05) is 31.2 Å². The molecule has 3 nitrogen and oxygen atoms in total. The first kappa shape index (κ1) is 18.1.